The van der Waals surface area contributed by atoms with Crippen LogP contribution in [-0.4, -0.2) is 4.98 Å². The van der Waals surface area contributed by atoms with E-state index in [-0.39, 0.29) is 6.04 Å². The number of benzene rings is 1. The van der Waals surface area contributed by atoms with Gasteiger partial charge in [-0.1, -0.05) is 17.7 Å². The molecule has 0 spiro atoms. The average molecular weight is 275 g/mol. The number of hydrogen-bond donors (Lipinski definition) is 1. The molecule has 3 rings (SSSR count). The minimum absolute atomic E-state index is 0.179. The Morgan fingerprint density at radius 3 is 3.11 bits per heavy atom. The van der Waals surface area contributed by atoms with Gasteiger partial charge in [-0.25, -0.2) is 0 Å². The number of aromatic nitrogens is 1. The lowest BCUT2D eigenvalue weighted by atomic mass is 10.1. The number of aryl methyl sites for hydroxylation is 1. The highest BCUT2D eigenvalue weighted by molar-refractivity contribution is 6.31. The van der Waals surface area contributed by atoms with Gasteiger partial charge in [-0.15, -0.1) is 0 Å². The van der Waals surface area contributed by atoms with Gasteiger partial charge in [0.05, 0.1) is 5.02 Å². The summed E-state index contributed by atoms with van der Waals surface area (Å²) in [6, 6.07) is 8.16. The molecular weight excluding hydrogens is 260 g/mol. The van der Waals surface area contributed by atoms with E-state index in [1.807, 2.05) is 12.1 Å². The molecular formula is C15H15ClN2O. The molecule has 2 aromatic rings. The summed E-state index contributed by atoms with van der Waals surface area (Å²) >= 11 is 6.04. The highest BCUT2D eigenvalue weighted by atomic mass is 35.5. The van der Waals surface area contributed by atoms with Crippen LogP contribution in [-0.2, 0) is 13.0 Å². The standard InChI is InChI=1S/C15H15ClN2O/c16-14-8-18-6-5-11(14)9-19-12-2-3-13-10(7-12)1-4-15(13)17/h2-3,5-8,15H,1,4,9,17H2/t15-/m1/s1. The second kappa shape index (κ2) is 5.19. The average Bonchev–Trinajstić information content (AvgIpc) is 2.79. The first kappa shape index (κ1) is 12.5. The van der Waals surface area contributed by atoms with E-state index in [1.54, 1.807) is 12.4 Å². The minimum Gasteiger partial charge on any atom is -0.489 e. The lowest BCUT2D eigenvalue weighted by Gasteiger charge is -2.10. The molecule has 0 aliphatic heterocycles. The lowest BCUT2D eigenvalue weighted by molar-refractivity contribution is 0.306. The number of hydrogen-bond acceptors (Lipinski definition) is 3. The van der Waals surface area contributed by atoms with Crippen LogP contribution in [0, 0.1) is 0 Å². The second-order valence-corrected chi connectivity index (χ2v) is 5.17. The topological polar surface area (TPSA) is 48.1 Å². The van der Waals surface area contributed by atoms with Crippen molar-refractivity contribution in [1.29, 1.82) is 0 Å². The smallest absolute Gasteiger partial charge is 0.120 e. The van der Waals surface area contributed by atoms with E-state index in [0.717, 1.165) is 24.2 Å². The van der Waals surface area contributed by atoms with Crippen LogP contribution in [0.1, 0.15) is 29.2 Å². The number of fused-ring (bicyclic) bond motifs is 1. The predicted octanol–water partition coefficient (Wildman–Crippen LogP) is 3.26. The monoisotopic (exact) mass is 274 g/mol. The van der Waals surface area contributed by atoms with Gasteiger partial charge in [0, 0.05) is 24.0 Å². The Hall–Kier alpha value is -1.58. The predicted molar refractivity (Wildman–Crippen MR) is 75.3 cm³/mol. The number of nitrogens with two attached hydrogens (primary N) is 1. The molecule has 0 unspecified atom stereocenters. The molecule has 1 aromatic carbocycles. The summed E-state index contributed by atoms with van der Waals surface area (Å²) < 4.78 is 5.78. The van der Waals surface area contributed by atoms with Crippen LogP contribution < -0.4 is 10.5 Å². The van der Waals surface area contributed by atoms with Crippen molar-refractivity contribution in [2.75, 3.05) is 0 Å². The molecule has 0 fully saturated rings. The summed E-state index contributed by atoms with van der Waals surface area (Å²) in [5, 5.41) is 0.630. The Kier molecular flexibility index (Phi) is 3.40. The van der Waals surface area contributed by atoms with Crippen molar-refractivity contribution in [1.82, 2.24) is 4.98 Å². The maximum absolute atomic E-state index is 6.04. The first-order valence-corrected chi connectivity index (χ1v) is 6.71. The van der Waals surface area contributed by atoms with Crippen molar-refractivity contribution in [3.05, 3.63) is 58.4 Å². The van der Waals surface area contributed by atoms with Crippen LogP contribution in [0.3, 0.4) is 0 Å². The molecule has 0 amide bonds. The third-order valence-electron chi connectivity index (χ3n) is 3.49. The zero-order valence-corrected chi connectivity index (χ0v) is 11.2. The van der Waals surface area contributed by atoms with Gasteiger partial charge in [0.25, 0.3) is 0 Å². The molecule has 2 N–H and O–H groups in total. The zero-order chi connectivity index (χ0) is 13.2. The molecule has 1 atom stereocenters. The van der Waals surface area contributed by atoms with Crippen LogP contribution in [0.25, 0.3) is 0 Å². The van der Waals surface area contributed by atoms with Crippen molar-refractivity contribution in [3.8, 4) is 5.75 Å². The fourth-order valence-corrected chi connectivity index (χ4v) is 2.57. The number of ether oxygens (including phenoxy) is 1. The van der Waals surface area contributed by atoms with Gasteiger partial charge in [0.1, 0.15) is 12.4 Å². The number of rotatable bonds is 3. The van der Waals surface area contributed by atoms with Gasteiger partial charge < -0.3 is 10.5 Å². The molecule has 1 heterocycles. The molecule has 0 radical (unpaired) electrons. The van der Waals surface area contributed by atoms with Gasteiger partial charge in [-0.05, 0) is 42.2 Å². The van der Waals surface area contributed by atoms with Crippen molar-refractivity contribution in [2.24, 2.45) is 5.73 Å². The van der Waals surface area contributed by atoms with Crippen LogP contribution >= 0.6 is 11.6 Å². The minimum atomic E-state index is 0.179. The van der Waals surface area contributed by atoms with Crippen LogP contribution in [0.15, 0.2) is 36.7 Å². The van der Waals surface area contributed by atoms with Crippen LogP contribution in [0.5, 0.6) is 5.75 Å². The van der Waals surface area contributed by atoms with E-state index >= 15 is 0 Å². The highest BCUT2D eigenvalue weighted by Crippen LogP contribution is 2.32. The fraction of sp³-hybridized carbons (Fsp3) is 0.267. The van der Waals surface area contributed by atoms with Gasteiger partial charge >= 0.3 is 0 Å². The zero-order valence-electron chi connectivity index (χ0n) is 10.5. The molecule has 98 valence electrons. The number of nitrogens with zero attached hydrogens (tertiary/aromatic N) is 1. The molecule has 1 aliphatic rings. The molecule has 3 nitrogen and oxygen atoms in total. The Bertz CT molecular complexity index is 600. The highest BCUT2D eigenvalue weighted by Gasteiger charge is 2.19. The van der Waals surface area contributed by atoms with Gasteiger partial charge in [0.15, 0.2) is 0 Å². The molecule has 1 aromatic heterocycles. The molecule has 0 saturated carbocycles. The van der Waals surface area contributed by atoms with E-state index in [1.165, 1.54) is 11.1 Å². The van der Waals surface area contributed by atoms with Crippen LogP contribution in [0.4, 0.5) is 0 Å². The molecule has 19 heavy (non-hydrogen) atoms. The molecule has 0 bridgehead atoms. The maximum atomic E-state index is 6.04. The van der Waals surface area contributed by atoms with Crippen molar-refractivity contribution in [2.45, 2.75) is 25.5 Å². The summed E-state index contributed by atoms with van der Waals surface area (Å²) in [6.45, 7) is 0.451. The summed E-state index contributed by atoms with van der Waals surface area (Å²) in [7, 11) is 0. The molecule has 4 heteroatoms. The third-order valence-corrected chi connectivity index (χ3v) is 3.83. The summed E-state index contributed by atoms with van der Waals surface area (Å²) in [5.41, 5.74) is 9.50. The Balaban J connectivity index is 1.73. The largest absolute Gasteiger partial charge is 0.489 e. The summed E-state index contributed by atoms with van der Waals surface area (Å²) in [5.74, 6) is 0.862. The third kappa shape index (κ3) is 2.57. The molecule has 1 aliphatic carbocycles. The second-order valence-electron chi connectivity index (χ2n) is 4.76. The fourth-order valence-electron chi connectivity index (χ4n) is 2.40. The van der Waals surface area contributed by atoms with E-state index < -0.39 is 0 Å². The van der Waals surface area contributed by atoms with Gasteiger partial charge in [-0.3, -0.25) is 4.98 Å². The van der Waals surface area contributed by atoms with Crippen molar-refractivity contribution < 1.29 is 4.74 Å². The lowest BCUT2D eigenvalue weighted by Crippen LogP contribution is -2.05. The van der Waals surface area contributed by atoms with E-state index in [4.69, 9.17) is 22.1 Å². The number of pyridine rings is 1. The summed E-state index contributed by atoms with van der Waals surface area (Å²) in [6.07, 6.45) is 5.40. The maximum Gasteiger partial charge on any atom is 0.120 e. The Morgan fingerprint density at radius 2 is 2.26 bits per heavy atom. The van der Waals surface area contributed by atoms with E-state index in [0.29, 0.717) is 11.6 Å². The molecule has 0 saturated heterocycles. The van der Waals surface area contributed by atoms with Crippen LogP contribution in [0.2, 0.25) is 5.02 Å². The van der Waals surface area contributed by atoms with Crippen molar-refractivity contribution in [3.63, 3.8) is 0 Å². The van der Waals surface area contributed by atoms with Gasteiger partial charge in [-0.2, -0.15) is 0 Å². The quantitative estimate of drug-likeness (QED) is 0.934. The first-order chi connectivity index (χ1) is 9.24. The first-order valence-electron chi connectivity index (χ1n) is 6.33. The van der Waals surface area contributed by atoms with Crippen molar-refractivity contribution >= 4 is 11.6 Å². The SMILES string of the molecule is N[C@@H]1CCc2cc(OCc3ccncc3Cl)ccc21. The summed E-state index contributed by atoms with van der Waals surface area (Å²) in [4.78, 5) is 3.95. The number of halogens is 1. The Morgan fingerprint density at radius 1 is 1.37 bits per heavy atom. The normalized spacial score (nSPS) is 17.3. The van der Waals surface area contributed by atoms with E-state index in [9.17, 15) is 0 Å². The Labute approximate surface area is 117 Å². The van der Waals surface area contributed by atoms with E-state index in [2.05, 4.69) is 17.1 Å². The van der Waals surface area contributed by atoms with Gasteiger partial charge in [0.2, 0.25) is 0 Å².